The van der Waals surface area contributed by atoms with Crippen LogP contribution in [-0.4, -0.2) is 49.3 Å². The molecule has 3 N–H and O–H groups in total. The van der Waals surface area contributed by atoms with Crippen LogP contribution in [0.15, 0.2) is 35.7 Å². The number of nitrogens with zero attached hydrogens (tertiary/aromatic N) is 1. The maximum Gasteiger partial charge on any atom is 0.293 e. The predicted octanol–water partition coefficient (Wildman–Crippen LogP) is 3.00. The molecule has 0 bridgehead atoms. The van der Waals surface area contributed by atoms with E-state index in [1.807, 2.05) is 4.90 Å². The molecule has 140 valence electrons. The molecule has 1 saturated carbocycles. The van der Waals surface area contributed by atoms with E-state index in [2.05, 4.69) is 10.6 Å². The van der Waals surface area contributed by atoms with E-state index in [0.29, 0.717) is 16.4 Å². The Morgan fingerprint density at radius 3 is 2.69 bits per heavy atom. The first kappa shape index (κ1) is 18.7. The standard InChI is InChI=1S/C19H25ClN4O2/c20-14-4-3-5-15(12-14)23-19(25)18(26-16-6-1-2-7-16)17(13-21)24-10-8-22-9-11-24/h3-5,12-13,16,21-22H,1-2,6-11H2,(H,23,25)/b18-17-,21-13?. The Balaban J connectivity index is 1.86. The largest absolute Gasteiger partial charge is 0.483 e. The fourth-order valence-corrected chi connectivity index (χ4v) is 3.55. The number of ether oxygens (including phenoxy) is 1. The van der Waals surface area contributed by atoms with Gasteiger partial charge in [-0.05, 0) is 43.9 Å². The Kier molecular flexibility index (Phi) is 6.52. The van der Waals surface area contributed by atoms with Gasteiger partial charge in [-0.15, -0.1) is 0 Å². The number of benzene rings is 1. The van der Waals surface area contributed by atoms with Crippen LogP contribution in [0.3, 0.4) is 0 Å². The molecule has 3 rings (SSSR count). The molecule has 0 atom stereocenters. The van der Waals surface area contributed by atoms with E-state index >= 15 is 0 Å². The second-order valence-corrected chi connectivity index (χ2v) is 7.02. The average molecular weight is 377 g/mol. The Morgan fingerprint density at radius 2 is 2.04 bits per heavy atom. The molecule has 1 aromatic carbocycles. The van der Waals surface area contributed by atoms with Crippen LogP contribution in [-0.2, 0) is 9.53 Å². The summed E-state index contributed by atoms with van der Waals surface area (Å²) < 4.78 is 6.10. The SMILES string of the molecule is N=C/C(=C(/OC1CCCC1)C(=O)Nc1cccc(Cl)c1)N1CCNCC1. The minimum Gasteiger partial charge on any atom is -0.483 e. The van der Waals surface area contributed by atoms with Crippen molar-refractivity contribution in [2.45, 2.75) is 31.8 Å². The molecule has 0 unspecified atom stereocenters. The zero-order valence-electron chi connectivity index (χ0n) is 14.8. The van der Waals surface area contributed by atoms with E-state index in [4.69, 9.17) is 21.7 Å². The first-order valence-corrected chi connectivity index (χ1v) is 9.49. The first-order valence-electron chi connectivity index (χ1n) is 9.11. The second kappa shape index (κ2) is 9.05. The van der Waals surface area contributed by atoms with Crippen molar-refractivity contribution in [1.29, 1.82) is 5.41 Å². The lowest BCUT2D eigenvalue weighted by Crippen LogP contribution is -2.44. The third-order valence-electron chi connectivity index (χ3n) is 4.70. The van der Waals surface area contributed by atoms with Gasteiger partial charge in [0.1, 0.15) is 5.70 Å². The highest BCUT2D eigenvalue weighted by Gasteiger charge is 2.27. The van der Waals surface area contributed by atoms with Gasteiger partial charge in [0.05, 0.1) is 6.10 Å². The minimum absolute atomic E-state index is 0.0352. The summed E-state index contributed by atoms with van der Waals surface area (Å²) in [5, 5.41) is 14.6. The molecule has 1 aliphatic heterocycles. The molecule has 6 nitrogen and oxygen atoms in total. The van der Waals surface area contributed by atoms with Crippen LogP contribution < -0.4 is 10.6 Å². The van der Waals surface area contributed by atoms with Gasteiger partial charge in [-0.3, -0.25) is 4.79 Å². The summed E-state index contributed by atoms with van der Waals surface area (Å²) in [5.74, 6) is -0.107. The number of rotatable bonds is 6. The molecule has 0 spiro atoms. The van der Waals surface area contributed by atoms with Crippen molar-refractivity contribution in [3.63, 3.8) is 0 Å². The van der Waals surface area contributed by atoms with Gasteiger partial charge in [-0.2, -0.15) is 0 Å². The number of carbonyl (C=O) groups is 1. The summed E-state index contributed by atoms with van der Waals surface area (Å²) in [6.07, 6.45) is 5.38. The smallest absolute Gasteiger partial charge is 0.293 e. The Labute approximate surface area is 159 Å². The van der Waals surface area contributed by atoms with Gasteiger partial charge in [-0.1, -0.05) is 17.7 Å². The molecule has 1 heterocycles. The highest BCUT2D eigenvalue weighted by Crippen LogP contribution is 2.26. The summed E-state index contributed by atoms with van der Waals surface area (Å²) in [6, 6.07) is 7.02. The molecule has 1 aliphatic carbocycles. The minimum atomic E-state index is -0.337. The van der Waals surface area contributed by atoms with Crippen molar-refractivity contribution in [1.82, 2.24) is 10.2 Å². The zero-order chi connectivity index (χ0) is 18.4. The summed E-state index contributed by atoms with van der Waals surface area (Å²) in [4.78, 5) is 15.0. The van der Waals surface area contributed by atoms with Gasteiger partial charge in [0.15, 0.2) is 0 Å². The molecule has 0 aromatic heterocycles. The number of hydrogen-bond acceptors (Lipinski definition) is 5. The molecule has 2 fully saturated rings. The summed E-state index contributed by atoms with van der Waals surface area (Å²) >= 11 is 6.01. The van der Waals surface area contributed by atoms with E-state index in [9.17, 15) is 4.79 Å². The molecular weight excluding hydrogens is 352 g/mol. The summed E-state index contributed by atoms with van der Waals surface area (Å²) in [7, 11) is 0. The number of hydrogen-bond donors (Lipinski definition) is 3. The second-order valence-electron chi connectivity index (χ2n) is 6.58. The number of carbonyl (C=O) groups excluding carboxylic acids is 1. The number of piperazine rings is 1. The number of allylic oxidation sites excluding steroid dienone is 1. The molecule has 1 aromatic rings. The van der Waals surface area contributed by atoms with Crippen molar-refractivity contribution in [3.8, 4) is 0 Å². The fourth-order valence-electron chi connectivity index (χ4n) is 3.36. The van der Waals surface area contributed by atoms with Crippen LogP contribution in [0.25, 0.3) is 0 Å². The monoisotopic (exact) mass is 376 g/mol. The third kappa shape index (κ3) is 4.77. The van der Waals surface area contributed by atoms with Crippen LogP contribution in [0.4, 0.5) is 5.69 Å². The lowest BCUT2D eigenvalue weighted by Gasteiger charge is -2.31. The van der Waals surface area contributed by atoms with Crippen LogP contribution in [0.5, 0.6) is 0 Å². The van der Waals surface area contributed by atoms with Crippen LogP contribution in [0.1, 0.15) is 25.7 Å². The van der Waals surface area contributed by atoms with Crippen molar-refractivity contribution < 1.29 is 9.53 Å². The number of anilines is 1. The van der Waals surface area contributed by atoms with Gasteiger partial charge in [-0.25, -0.2) is 0 Å². The molecule has 7 heteroatoms. The predicted molar refractivity (Wildman–Crippen MR) is 104 cm³/mol. The molecule has 2 aliphatic rings. The van der Waals surface area contributed by atoms with E-state index in [1.54, 1.807) is 24.3 Å². The van der Waals surface area contributed by atoms with Crippen molar-refractivity contribution in [3.05, 3.63) is 40.7 Å². The van der Waals surface area contributed by atoms with Gasteiger partial charge in [0.2, 0.25) is 5.76 Å². The highest BCUT2D eigenvalue weighted by molar-refractivity contribution is 6.31. The topological polar surface area (TPSA) is 77.5 Å². The van der Waals surface area contributed by atoms with Crippen LogP contribution >= 0.6 is 11.6 Å². The van der Waals surface area contributed by atoms with E-state index in [-0.39, 0.29) is 17.8 Å². The van der Waals surface area contributed by atoms with Crippen LogP contribution in [0, 0.1) is 5.41 Å². The highest BCUT2D eigenvalue weighted by atomic mass is 35.5. The normalized spacial score (nSPS) is 19.0. The van der Waals surface area contributed by atoms with Crippen molar-refractivity contribution >= 4 is 29.4 Å². The van der Waals surface area contributed by atoms with Crippen LogP contribution in [0.2, 0.25) is 5.02 Å². The molecular formula is C19H25ClN4O2. The summed E-state index contributed by atoms with van der Waals surface area (Å²) in [5.41, 5.74) is 1.15. The number of amides is 1. The van der Waals surface area contributed by atoms with E-state index in [0.717, 1.165) is 51.9 Å². The average Bonchev–Trinajstić information content (AvgIpc) is 3.15. The molecule has 26 heavy (non-hydrogen) atoms. The summed E-state index contributed by atoms with van der Waals surface area (Å²) in [6.45, 7) is 3.13. The lowest BCUT2D eigenvalue weighted by atomic mass is 10.2. The quantitative estimate of drug-likeness (QED) is 0.405. The number of nitrogens with one attached hydrogen (secondary N) is 3. The maximum atomic E-state index is 13.0. The Hall–Kier alpha value is -2.05. The van der Waals surface area contributed by atoms with Gasteiger partial charge in [0.25, 0.3) is 5.91 Å². The van der Waals surface area contributed by atoms with Crippen molar-refractivity contribution in [2.75, 3.05) is 31.5 Å². The lowest BCUT2D eigenvalue weighted by molar-refractivity contribution is -0.117. The van der Waals surface area contributed by atoms with E-state index in [1.165, 1.54) is 6.21 Å². The third-order valence-corrected chi connectivity index (χ3v) is 4.94. The van der Waals surface area contributed by atoms with Crippen molar-refractivity contribution in [2.24, 2.45) is 0 Å². The fraction of sp³-hybridized carbons (Fsp3) is 0.474. The molecule has 0 radical (unpaired) electrons. The first-order chi connectivity index (χ1) is 12.7. The zero-order valence-corrected chi connectivity index (χ0v) is 15.5. The number of halogens is 1. The van der Waals surface area contributed by atoms with Gasteiger partial charge in [0, 0.05) is 43.1 Å². The Morgan fingerprint density at radius 1 is 1.31 bits per heavy atom. The maximum absolute atomic E-state index is 13.0. The van der Waals surface area contributed by atoms with Gasteiger partial charge >= 0.3 is 0 Å². The molecule has 1 saturated heterocycles. The molecule has 1 amide bonds. The van der Waals surface area contributed by atoms with E-state index < -0.39 is 0 Å². The van der Waals surface area contributed by atoms with Gasteiger partial charge < -0.3 is 25.7 Å². The Bertz CT molecular complexity index is 680.